The Morgan fingerprint density at radius 3 is 2.88 bits per heavy atom. The van der Waals surface area contributed by atoms with E-state index in [9.17, 15) is 0 Å². The SMILES string of the molecule is COc1ncccc1NCc1sc(C)nc1C. The van der Waals surface area contributed by atoms with Crippen LogP contribution in [0.15, 0.2) is 18.3 Å². The number of rotatable bonds is 4. The van der Waals surface area contributed by atoms with E-state index in [4.69, 9.17) is 4.74 Å². The number of hydrogen-bond acceptors (Lipinski definition) is 5. The number of nitrogens with one attached hydrogen (secondary N) is 1. The first-order chi connectivity index (χ1) is 8.20. The van der Waals surface area contributed by atoms with Gasteiger partial charge in [-0.2, -0.15) is 0 Å². The maximum atomic E-state index is 5.18. The van der Waals surface area contributed by atoms with Crippen molar-refractivity contribution in [1.29, 1.82) is 0 Å². The molecule has 0 saturated carbocycles. The zero-order chi connectivity index (χ0) is 12.3. The van der Waals surface area contributed by atoms with Gasteiger partial charge in [-0.3, -0.25) is 0 Å². The molecule has 0 aromatic carbocycles. The van der Waals surface area contributed by atoms with Crippen molar-refractivity contribution >= 4 is 17.0 Å². The van der Waals surface area contributed by atoms with Gasteiger partial charge in [0, 0.05) is 11.1 Å². The number of methoxy groups -OCH3 is 1. The lowest BCUT2D eigenvalue weighted by atomic mass is 10.3. The van der Waals surface area contributed by atoms with Crippen molar-refractivity contribution in [2.24, 2.45) is 0 Å². The van der Waals surface area contributed by atoms with Gasteiger partial charge in [-0.05, 0) is 26.0 Å². The highest BCUT2D eigenvalue weighted by Gasteiger charge is 2.06. The van der Waals surface area contributed by atoms with Gasteiger partial charge in [0.25, 0.3) is 0 Å². The van der Waals surface area contributed by atoms with E-state index in [1.165, 1.54) is 4.88 Å². The Kier molecular flexibility index (Phi) is 3.58. The fraction of sp³-hybridized carbons (Fsp3) is 0.333. The normalized spacial score (nSPS) is 10.3. The zero-order valence-electron chi connectivity index (χ0n) is 10.2. The molecule has 0 atom stereocenters. The third-order valence-corrected chi connectivity index (χ3v) is 3.48. The molecule has 0 bridgehead atoms. The van der Waals surface area contributed by atoms with Crippen LogP contribution in [-0.4, -0.2) is 17.1 Å². The van der Waals surface area contributed by atoms with E-state index in [-0.39, 0.29) is 0 Å². The zero-order valence-corrected chi connectivity index (χ0v) is 11.0. The van der Waals surface area contributed by atoms with Gasteiger partial charge in [0.1, 0.15) is 0 Å². The van der Waals surface area contributed by atoms with Gasteiger partial charge in [0.2, 0.25) is 5.88 Å². The second-order valence-corrected chi connectivity index (χ2v) is 4.94. The third kappa shape index (κ3) is 2.74. The first kappa shape index (κ1) is 11.9. The molecule has 0 aliphatic carbocycles. The summed E-state index contributed by atoms with van der Waals surface area (Å²) in [4.78, 5) is 9.78. The molecule has 2 rings (SSSR count). The molecule has 90 valence electrons. The number of aromatic nitrogens is 2. The monoisotopic (exact) mass is 249 g/mol. The van der Waals surface area contributed by atoms with E-state index in [1.54, 1.807) is 24.6 Å². The van der Waals surface area contributed by atoms with E-state index in [0.29, 0.717) is 5.88 Å². The van der Waals surface area contributed by atoms with Crippen LogP contribution in [-0.2, 0) is 6.54 Å². The van der Waals surface area contributed by atoms with Gasteiger partial charge >= 0.3 is 0 Å². The molecule has 2 heterocycles. The molecule has 0 amide bonds. The quantitative estimate of drug-likeness (QED) is 0.905. The van der Waals surface area contributed by atoms with Crippen molar-refractivity contribution in [3.63, 3.8) is 0 Å². The summed E-state index contributed by atoms with van der Waals surface area (Å²) in [5.41, 5.74) is 1.99. The second-order valence-electron chi connectivity index (χ2n) is 3.66. The summed E-state index contributed by atoms with van der Waals surface area (Å²) in [6.45, 7) is 4.80. The fourth-order valence-electron chi connectivity index (χ4n) is 1.60. The maximum Gasteiger partial charge on any atom is 0.237 e. The van der Waals surface area contributed by atoms with Gasteiger partial charge in [-0.15, -0.1) is 11.3 Å². The Morgan fingerprint density at radius 2 is 2.24 bits per heavy atom. The molecular formula is C12H15N3OS. The third-order valence-electron chi connectivity index (χ3n) is 2.40. The lowest BCUT2D eigenvalue weighted by Gasteiger charge is -2.08. The molecule has 1 N–H and O–H groups in total. The molecule has 0 fully saturated rings. The van der Waals surface area contributed by atoms with Gasteiger partial charge in [-0.1, -0.05) is 0 Å². The largest absolute Gasteiger partial charge is 0.480 e. The minimum absolute atomic E-state index is 0.617. The molecule has 5 heteroatoms. The smallest absolute Gasteiger partial charge is 0.237 e. The van der Waals surface area contributed by atoms with E-state index >= 15 is 0 Å². The van der Waals surface area contributed by atoms with Crippen LogP contribution in [0.5, 0.6) is 5.88 Å². The van der Waals surface area contributed by atoms with Gasteiger partial charge in [-0.25, -0.2) is 9.97 Å². The number of aryl methyl sites for hydroxylation is 2. The lowest BCUT2D eigenvalue weighted by molar-refractivity contribution is 0.399. The molecule has 0 saturated heterocycles. The number of nitrogens with zero attached hydrogens (tertiary/aromatic N) is 2. The maximum absolute atomic E-state index is 5.18. The Hall–Kier alpha value is -1.62. The highest BCUT2D eigenvalue weighted by atomic mass is 32.1. The Bertz CT molecular complexity index is 510. The second kappa shape index (κ2) is 5.14. The molecule has 0 spiro atoms. The van der Waals surface area contributed by atoms with Crippen LogP contribution in [0.25, 0.3) is 0 Å². The molecule has 0 unspecified atom stereocenters. The average molecular weight is 249 g/mol. The Balaban J connectivity index is 2.09. The van der Waals surface area contributed by atoms with Crippen LogP contribution >= 0.6 is 11.3 Å². The van der Waals surface area contributed by atoms with Crippen molar-refractivity contribution in [2.75, 3.05) is 12.4 Å². The predicted molar refractivity (Wildman–Crippen MR) is 69.7 cm³/mol. The summed E-state index contributed by atoms with van der Waals surface area (Å²) in [6, 6.07) is 3.84. The van der Waals surface area contributed by atoms with E-state index in [2.05, 4.69) is 15.3 Å². The highest BCUT2D eigenvalue weighted by molar-refractivity contribution is 7.11. The van der Waals surface area contributed by atoms with E-state index in [1.807, 2.05) is 26.0 Å². The van der Waals surface area contributed by atoms with Crippen molar-refractivity contribution in [3.05, 3.63) is 33.9 Å². The van der Waals surface area contributed by atoms with E-state index in [0.717, 1.165) is 22.9 Å². The van der Waals surface area contributed by atoms with Crippen LogP contribution in [0, 0.1) is 13.8 Å². The van der Waals surface area contributed by atoms with Crippen LogP contribution < -0.4 is 10.1 Å². The molecule has 2 aromatic rings. The van der Waals surface area contributed by atoms with Gasteiger partial charge in [0.15, 0.2) is 0 Å². The molecule has 0 radical (unpaired) electrons. The van der Waals surface area contributed by atoms with Gasteiger partial charge in [0.05, 0.1) is 30.0 Å². The molecule has 2 aromatic heterocycles. The summed E-state index contributed by atoms with van der Waals surface area (Å²) < 4.78 is 5.18. The van der Waals surface area contributed by atoms with Crippen LogP contribution in [0.3, 0.4) is 0 Å². The molecular weight excluding hydrogens is 234 g/mol. The number of pyridine rings is 1. The molecule has 17 heavy (non-hydrogen) atoms. The van der Waals surface area contributed by atoms with Crippen molar-refractivity contribution < 1.29 is 4.74 Å². The Morgan fingerprint density at radius 1 is 1.41 bits per heavy atom. The highest BCUT2D eigenvalue weighted by Crippen LogP contribution is 2.23. The average Bonchev–Trinajstić information content (AvgIpc) is 2.65. The van der Waals surface area contributed by atoms with Crippen molar-refractivity contribution in [3.8, 4) is 5.88 Å². The van der Waals surface area contributed by atoms with Crippen LogP contribution in [0.4, 0.5) is 5.69 Å². The van der Waals surface area contributed by atoms with Crippen molar-refractivity contribution in [2.45, 2.75) is 20.4 Å². The van der Waals surface area contributed by atoms with E-state index < -0.39 is 0 Å². The van der Waals surface area contributed by atoms with Crippen LogP contribution in [0.1, 0.15) is 15.6 Å². The number of ether oxygens (including phenoxy) is 1. The standard InChI is InChI=1S/C12H15N3OS/c1-8-11(17-9(2)15-8)7-14-10-5-4-6-13-12(10)16-3/h4-6,14H,7H2,1-3H3. The van der Waals surface area contributed by atoms with Crippen LogP contribution in [0.2, 0.25) is 0 Å². The predicted octanol–water partition coefficient (Wildman–Crippen LogP) is 2.78. The fourth-order valence-corrected chi connectivity index (χ4v) is 2.48. The summed E-state index contributed by atoms with van der Waals surface area (Å²) >= 11 is 1.71. The van der Waals surface area contributed by atoms with Crippen molar-refractivity contribution in [1.82, 2.24) is 9.97 Å². The minimum atomic E-state index is 0.617. The Labute approximate surface area is 105 Å². The summed E-state index contributed by atoms with van der Waals surface area (Å²) in [5, 5.41) is 4.41. The first-order valence-corrected chi connectivity index (χ1v) is 6.18. The number of anilines is 1. The summed E-state index contributed by atoms with van der Waals surface area (Å²) in [7, 11) is 1.62. The molecule has 0 aliphatic rings. The summed E-state index contributed by atoms with van der Waals surface area (Å²) in [6.07, 6.45) is 1.71. The number of hydrogen-bond donors (Lipinski definition) is 1. The topological polar surface area (TPSA) is 47.0 Å². The van der Waals surface area contributed by atoms with Gasteiger partial charge < -0.3 is 10.1 Å². The molecule has 0 aliphatic heterocycles. The minimum Gasteiger partial charge on any atom is -0.480 e. The molecule has 4 nitrogen and oxygen atoms in total. The lowest BCUT2D eigenvalue weighted by Crippen LogP contribution is -2.02. The first-order valence-electron chi connectivity index (χ1n) is 5.36. The summed E-state index contributed by atoms with van der Waals surface area (Å²) in [5.74, 6) is 0.617. The number of thiazole rings is 1.